The van der Waals surface area contributed by atoms with Crippen molar-refractivity contribution in [3.63, 3.8) is 0 Å². The van der Waals surface area contributed by atoms with Crippen LogP contribution >= 0.6 is 0 Å². The maximum absolute atomic E-state index is 5.13. The SMILES string of the molecule is C=C(NNCc1ccc(OC)cc1)c1ccc(C)cc1. The van der Waals surface area contributed by atoms with E-state index in [9.17, 15) is 0 Å². The second-order valence-corrected chi connectivity index (χ2v) is 4.67. The van der Waals surface area contributed by atoms with Crippen molar-refractivity contribution in [2.75, 3.05) is 7.11 Å². The third-order valence-electron chi connectivity index (χ3n) is 3.09. The first-order valence-electron chi connectivity index (χ1n) is 6.57. The standard InChI is InChI=1S/C17H20N2O/c1-13-4-8-16(9-5-13)14(2)19-18-12-15-6-10-17(20-3)11-7-15/h4-11,18-19H,2,12H2,1,3H3. The fourth-order valence-electron chi connectivity index (χ4n) is 1.82. The lowest BCUT2D eigenvalue weighted by molar-refractivity contribution is 0.414. The van der Waals surface area contributed by atoms with Crippen LogP contribution in [0.15, 0.2) is 55.1 Å². The first-order chi connectivity index (χ1) is 9.69. The number of hydrogen-bond acceptors (Lipinski definition) is 3. The molecule has 0 aliphatic carbocycles. The molecule has 0 saturated carbocycles. The van der Waals surface area contributed by atoms with Gasteiger partial charge >= 0.3 is 0 Å². The van der Waals surface area contributed by atoms with Gasteiger partial charge in [0, 0.05) is 12.2 Å². The molecule has 2 aromatic rings. The van der Waals surface area contributed by atoms with E-state index in [1.54, 1.807) is 7.11 Å². The molecule has 0 aromatic heterocycles. The Bertz CT molecular complexity index is 559. The smallest absolute Gasteiger partial charge is 0.118 e. The molecular weight excluding hydrogens is 248 g/mol. The predicted octanol–water partition coefficient (Wildman–Crippen LogP) is 3.27. The van der Waals surface area contributed by atoms with E-state index >= 15 is 0 Å². The first kappa shape index (κ1) is 14.2. The number of hydrazine groups is 1. The fraction of sp³-hybridized carbons (Fsp3) is 0.176. The van der Waals surface area contributed by atoms with Crippen LogP contribution in [-0.2, 0) is 6.54 Å². The highest BCUT2D eigenvalue weighted by molar-refractivity contribution is 5.61. The van der Waals surface area contributed by atoms with Crippen LogP contribution in [0.4, 0.5) is 0 Å². The van der Waals surface area contributed by atoms with Gasteiger partial charge in [0.2, 0.25) is 0 Å². The van der Waals surface area contributed by atoms with Crippen LogP contribution in [-0.4, -0.2) is 7.11 Å². The van der Waals surface area contributed by atoms with E-state index in [4.69, 9.17) is 4.74 Å². The topological polar surface area (TPSA) is 33.3 Å². The quantitative estimate of drug-likeness (QED) is 0.789. The minimum Gasteiger partial charge on any atom is -0.497 e. The molecule has 2 aromatic carbocycles. The van der Waals surface area contributed by atoms with Crippen LogP contribution in [0.2, 0.25) is 0 Å². The molecule has 0 atom stereocenters. The van der Waals surface area contributed by atoms with Crippen LogP contribution in [0.5, 0.6) is 5.75 Å². The number of hydrogen-bond donors (Lipinski definition) is 2. The Balaban J connectivity index is 1.82. The third kappa shape index (κ3) is 3.87. The molecule has 0 bridgehead atoms. The molecule has 2 rings (SSSR count). The summed E-state index contributed by atoms with van der Waals surface area (Å²) in [6.07, 6.45) is 0. The summed E-state index contributed by atoms with van der Waals surface area (Å²) < 4.78 is 5.13. The van der Waals surface area contributed by atoms with Crippen molar-refractivity contribution >= 4 is 5.70 Å². The number of aryl methyl sites for hydroxylation is 1. The van der Waals surface area contributed by atoms with Crippen molar-refractivity contribution in [1.82, 2.24) is 10.9 Å². The van der Waals surface area contributed by atoms with E-state index in [0.717, 1.165) is 23.6 Å². The molecule has 3 heteroatoms. The molecule has 104 valence electrons. The van der Waals surface area contributed by atoms with Crippen molar-refractivity contribution in [2.24, 2.45) is 0 Å². The molecule has 0 saturated heterocycles. The van der Waals surface area contributed by atoms with Crippen molar-refractivity contribution in [1.29, 1.82) is 0 Å². The number of ether oxygens (including phenoxy) is 1. The third-order valence-corrected chi connectivity index (χ3v) is 3.09. The molecule has 20 heavy (non-hydrogen) atoms. The predicted molar refractivity (Wildman–Crippen MR) is 83.2 cm³/mol. The Morgan fingerprint density at radius 3 is 2.30 bits per heavy atom. The Hall–Kier alpha value is -2.26. The van der Waals surface area contributed by atoms with Crippen LogP contribution in [0.25, 0.3) is 5.70 Å². The molecule has 0 fully saturated rings. The molecule has 0 radical (unpaired) electrons. The summed E-state index contributed by atoms with van der Waals surface area (Å²) in [5.41, 5.74) is 10.6. The molecule has 0 amide bonds. The molecular formula is C17H20N2O. The average molecular weight is 268 g/mol. The van der Waals surface area contributed by atoms with Crippen molar-refractivity contribution < 1.29 is 4.74 Å². The van der Waals surface area contributed by atoms with Gasteiger partial charge in [-0.05, 0) is 30.2 Å². The van der Waals surface area contributed by atoms with Gasteiger partial charge < -0.3 is 10.2 Å². The van der Waals surface area contributed by atoms with E-state index < -0.39 is 0 Å². The highest BCUT2D eigenvalue weighted by atomic mass is 16.5. The van der Waals surface area contributed by atoms with E-state index in [1.165, 1.54) is 11.1 Å². The van der Waals surface area contributed by atoms with Crippen LogP contribution in [0.3, 0.4) is 0 Å². The van der Waals surface area contributed by atoms with Crippen molar-refractivity contribution in [3.8, 4) is 5.75 Å². The lowest BCUT2D eigenvalue weighted by atomic mass is 10.1. The van der Waals surface area contributed by atoms with Crippen molar-refractivity contribution in [3.05, 3.63) is 71.8 Å². The second kappa shape index (κ2) is 6.78. The largest absolute Gasteiger partial charge is 0.497 e. The van der Waals surface area contributed by atoms with Crippen molar-refractivity contribution in [2.45, 2.75) is 13.5 Å². The summed E-state index contributed by atoms with van der Waals surface area (Å²) in [6, 6.07) is 16.2. The van der Waals surface area contributed by atoms with Gasteiger partial charge in [0.15, 0.2) is 0 Å². The number of methoxy groups -OCH3 is 1. The highest BCUT2D eigenvalue weighted by Crippen LogP contribution is 2.12. The summed E-state index contributed by atoms with van der Waals surface area (Å²) in [5.74, 6) is 0.866. The van der Waals surface area contributed by atoms with Gasteiger partial charge in [-0.1, -0.05) is 48.5 Å². The number of rotatable bonds is 6. The van der Waals surface area contributed by atoms with E-state index in [0.29, 0.717) is 0 Å². The average Bonchev–Trinajstić information content (AvgIpc) is 2.48. The summed E-state index contributed by atoms with van der Waals surface area (Å²) in [4.78, 5) is 0. The molecule has 3 nitrogen and oxygen atoms in total. The van der Waals surface area contributed by atoms with Crippen LogP contribution in [0.1, 0.15) is 16.7 Å². The van der Waals surface area contributed by atoms with Crippen LogP contribution < -0.4 is 15.6 Å². The summed E-state index contributed by atoms with van der Waals surface area (Å²) in [7, 11) is 1.67. The second-order valence-electron chi connectivity index (χ2n) is 4.67. The van der Waals surface area contributed by atoms with Gasteiger partial charge in [-0.3, -0.25) is 0 Å². The Labute approximate surface area is 120 Å². The minimum absolute atomic E-state index is 0.717. The highest BCUT2D eigenvalue weighted by Gasteiger charge is 1.98. The number of nitrogens with one attached hydrogen (secondary N) is 2. The van der Waals surface area contributed by atoms with E-state index in [2.05, 4.69) is 48.6 Å². The summed E-state index contributed by atoms with van der Waals surface area (Å²) in [5, 5.41) is 0. The van der Waals surface area contributed by atoms with Gasteiger partial charge in [-0.2, -0.15) is 0 Å². The van der Waals surface area contributed by atoms with Gasteiger partial charge in [0.25, 0.3) is 0 Å². The molecule has 2 N–H and O–H groups in total. The van der Waals surface area contributed by atoms with Gasteiger partial charge in [0.05, 0.1) is 7.11 Å². The fourth-order valence-corrected chi connectivity index (χ4v) is 1.82. The molecule has 0 aliphatic heterocycles. The molecule has 0 heterocycles. The summed E-state index contributed by atoms with van der Waals surface area (Å²) >= 11 is 0. The molecule has 0 spiro atoms. The Morgan fingerprint density at radius 2 is 1.70 bits per heavy atom. The monoisotopic (exact) mass is 268 g/mol. The van der Waals surface area contributed by atoms with E-state index in [1.807, 2.05) is 24.3 Å². The Morgan fingerprint density at radius 1 is 1.05 bits per heavy atom. The summed E-state index contributed by atoms with van der Waals surface area (Å²) in [6.45, 7) is 6.81. The zero-order valence-corrected chi connectivity index (χ0v) is 11.9. The van der Waals surface area contributed by atoms with Gasteiger partial charge in [0.1, 0.15) is 5.75 Å². The lowest BCUT2D eigenvalue weighted by Crippen LogP contribution is -2.29. The zero-order valence-electron chi connectivity index (χ0n) is 11.9. The van der Waals surface area contributed by atoms with Crippen LogP contribution in [0, 0.1) is 6.92 Å². The van der Waals surface area contributed by atoms with Gasteiger partial charge in [-0.15, -0.1) is 0 Å². The number of benzene rings is 2. The first-order valence-corrected chi connectivity index (χ1v) is 6.57. The normalized spacial score (nSPS) is 10.1. The molecule has 0 unspecified atom stereocenters. The maximum atomic E-state index is 5.13. The zero-order chi connectivity index (χ0) is 14.4. The lowest BCUT2D eigenvalue weighted by Gasteiger charge is -2.12. The Kier molecular flexibility index (Phi) is 4.80. The minimum atomic E-state index is 0.717. The molecule has 0 aliphatic rings. The maximum Gasteiger partial charge on any atom is 0.118 e. The van der Waals surface area contributed by atoms with Gasteiger partial charge in [-0.25, -0.2) is 5.43 Å². The van der Waals surface area contributed by atoms with E-state index in [-0.39, 0.29) is 0 Å².